The molecule has 3 rings (SSSR count). The zero-order valence-corrected chi connectivity index (χ0v) is 13.4. The van der Waals surface area contributed by atoms with Crippen molar-refractivity contribution in [1.82, 2.24) is 5.32 Å². The van der Waals surface area contributed by atoms with E-state index < -0.39 is 4.92 Å². The molecular weight excluding hydrogens is 319 g/mol. The number of nitrogens with one attached hydrogen (secondary N) is 1. The fourth-order valence-electron chi connectivity index (χ4n) is 2.68. The molecule has 4 nitrogen and oxygen atoms in total. The van der Waals surface area contributed by atoms with Crippen molar-refractivity contribution in [2.75, 3.05) is 0 Å². The van der Waals surface area contributed by atoms with Gasteiger partial charge in [-0.2, -0.15) is 0 Å². The van der Waals surface area contributed by atoms with Crippen LogP contribution in [0.5, 0.6) is 0 Å². The summed E-state index contributed by atoms with van der Waals surface area (Å²) in [6.45, 7) is 0.537. The first-order chi connectivity index (χ1) is 12.1. The highest BCUT2D eigenvalue weighted by molar-refractivity contribution is 5.34. The summed E-state index contributed by atoms with van der Waals surface area (Å²) < 4.78 is 13.2. The maximum absolute atomic E-state index is 13.2. The average molecular weight is 336 g/mol. The minimum atomic E-state index is -0.414. The lowest BCUT2D eigenvalue weighted by molar-refractivity contribution is -0.384. The molecule has 3 aromatic carbocycles. The summed E-state index contributed by atoms with van der Waals surface area (Å²) in [5.74, 6) is -0.272. The van der Waals surface area contributed by atoms with Gasteiger partial charge in [-0.25, -0.2) is 4.39 Å². The van der Waals surface area contributed by atoms with E-state index in [-0.39, 0.29) is 17.5 Å². The van der Waals surface area contributed by atoms with Crippen LogP contribution >= 0.6 is 0 Å². The van der Waals surface area contributed by atoms with Crippen molar-refractivity contribution >= 4 is 5.69 Å². The molecule has 0 saturated carbocycles. The Kier molecular flexibility index (Phi) is 5.16. The first kappa shape index (κ1) is 16.8. The number of non-ortho nitro benzene ring substituents is 1. The highest BCUT2D eigenvalue weighted by atomic mass is 19.1. The maximum atomic E-state index is 13.2. The third-order valence-electron chi connectivity index (χ3n) is 3.99. The third kappa shape index (κ3) is 4.28. The minimum absolute atomic E-state index is 0.0712. The van der Waals surface area contributed by atoms with E-state index in [2.05, 4.69) is 5.32 Å². The summed E-state index contributed by atoms with van der Waals surface area (Å²) in [6.07, 6.45) is 0. The molecule has 25 heavy (non-hydrogen) atoms. The van der Waals surface area contributed by atoms with Crippen molar-refractivity contribution in [3.63, 3.8) is 0 Å². The van der Waals surface area contributed by atoms with E-state index in [0.717, 1.165) is 16.7 Å². The molecule has 0 heterocycles. The van der Waals surface area contributed by atoms with Crippen LogP contribution in [-0.2, 0) is 6.54 Å². The SMILES string of the molecule is O=[N+]([O-])c1ccc(CNC(c2ccccc2)c2ccc(F)cc2)cc1. The number of nitro groups is 1. The topological polar surface area (TPSA) is 55.2 Å². The van der Waals surface area contributed by atoms with Gasteiger partial charge in [0.25, 0.3) is 5.69 Å². The first-order valence-electron chi connectivity index (χ1n) is 7.90. The van der Waals surface area contributed by atoms with E-state index in [1.807, 2.05) is 30.3 Å². The van der Waals surface area contributed by atoms with E-state index in [1.54, 1.807) is 24.3 Å². The van der Waals surface area contributed by atoms with Crippen LogP contribution in [0.1, 0.15) is 22.7 Å². The lowest BCUT2D eigenvalue weighted by atomic mass is 9.98. The molecule has 1 unspecified atom stereocenters. The van der Waals surface area contributed by atoms with Gasteiger partial charge in [0.15, 0.2) is 0 Å². The summed E-state index contributed by atoms with van der Waals surface area (Å²) >= 11 is 0. The Morgan fingerprint density at radius 1 is 0.880 bits per heavy atom. The maximum Gasteiger partial charge on any atom is 0.269 e. The predicted molar refractivity (Wildman–Crippen MR) is 94.6 cm³/mol. The van der Waals surface area contributed by atoms with E-state index in [4.69, 9.17) is 0 Å². The van der Waals surface area contributed by atoms with Gasteiger partial charge in [-0.05, 0) is 28.8 Å². The van der Waals surface area contributed by atoms with Crippen LogP contribution in [0.3, 0.4) is 0 Å². The molecule has 3 aromatic rings. The molecule has 0 spiro atoms. The molecule has 5 heteroatoms. The first-order valence-corrected chi connectivity index (χ1v) is 7.90. The Hall–Kier alpha value is -3.05. The van der Waals surface area contributed by atoms with Crippen LogP contribution in [0, 0.1) is 15.9 Å². The standard InChI is InChI=1S/C20H17FN2O2/c21-18-10-8-17(9-11-18)20(16-4-2-1-3-5-16)22-14-15-6-12-19(13-7-15)23(24)25/h1-13,20,22H,14H2. The van der Waals surface area contributed by atoms with Crippen molar-refractivity contribution in [2.24, 2.45) is 0 Å². The molecule has 1 N–H and O–H groups in total. The molecule has 0 radical (unpaired) electrons. The van der Waals surface area contributed by atoms with Gasteiger partial charge >= 0.3 is 0 Å². The van der Waals surface area contributed by atoms with Crippen molar-refractivity contribution < 1.29 is 9.31 Å². The lowest BCUT2D eigenvalue weighted by Crippen LogP contribution is -2.22. The van der Waals surface area contributed by atoms with Crippen LogP contribution in [0.4, 0.5) is 10.1 Å². The smallest absolute Gasteiger partial charge is 0.269 e. The van der Waals surface area contributed by atoms with Crippen molar-refractivity contribution in [1.29, 1.82) is 0 Å². The molecule has 0 saturated heterocycles. The summed E-state index contributed by atoms with van der Waals surface area (Å²) in [5, 5.41) is 14.2. The van der Waals surface area contributed by atoms with Gasteiger partial charge in [0.05, 0.1) is 11.0 Å². The molecule has 0 aliphatic carbocycles. The predicted octanol–water partition coefficient (Wildman–Crippen LogP) is 4.61. The van der Waals surface area contributed by atoms with Crippen molar-refractivity contribution in [3.05, 3.63) is 111 Å². The molecule has 0 fully saturated rings. The molecule has 0 aliphatic heterocycles. The van der Waals surface area contributed by atoms with Crippen molar-refractivity contribution in [3.8, 4) is 0 Å². The molecule has 0 aliphatic rings. The number of nitro benzene ring substituents is 1. The second-order valence-electron chi connectivity index (χ2n) is 5.70. The second-order valence-corrected chi connectivity index (χ2v) is 5.70. The zero-order valence-electron chi connectivity index (χ0n) is 13.4. The number of halogens is 1. The fourth-order valence-corrected chi connectivity index (χ4v) is 2.68. The molecular formula is C20H17FN2O2. The Morgan fingerprint density at radius 2 is 1.48 bits per heavy atom. The summed E-state index contributed by atoms with van der Waals surface area (Å²) in [7, 11) is 0. The second kappa shape index (κ2) is 7.68. The number of hydrogen-bond donors (Lipinski definition) is 1. The number of rotatable bonds is 6. The highest BCUT2D eigenvalue weighted by Crippen LogP contribution is 2.23. The van der Waals surface area contributed by atoms with Crippen LogP contribution in [0.2, 0.25) is 0 Å². The average Bonchev–Trinajstić information content (AvgIpc) is 2.64. The van der Waals surface area contributed by atoms with Gasteiger partial charge < -0.3 is 5.32 Å². The summed E-state index contributed by atoms with van der Waals surface area (Å²) in [5.41, 5.74) is 3.03. The lowest BCUT2D eigenvalue weighted by Gasteiger charge is -2.20. The normalized spacial score (nSPS) is 11.9. The highest BCUT2D eigenvalue weighted by Gasteiger charge is 2.14. The molecule has 0 aromatic heterocycles. The Labute approximate surface area is 145 Å². The molecule has 126 valence electrons. The van der Waals surface area contributed by atoms with E-state index in [0.29, 0.717) is 6.54 Å². The van der Waals surface area contributed by atoms with Gasteiger partial charge in [-0.3, -0.25) is 10.1 Å². The summed E-state index contributed by atoms with van der Waals surface area (Å²) in [6, 6.07) is 22.6. The van der Waals surface area contributed by atoms with Gasteiger partial charge in [0.2, 0.25) is 0 Å². The van der Waals surface area contributed by atoms with Crippen LogP contribution in [-0.4, -0.2) is 4.92 Å². The van der Waals surface area contributed by atoms with Crippen molar-refractivity contribution in [2.45, 2.75) is 12.6 Å². The molecule has 0 bridgehead atoms. The van der Waals surface area contributed by atoms with Crippen LogP contribution in [0.15, 0.2) is 78.9 Å². The Morgan fingerprint density at radius 3 is 2.08 bits per heavy atom. The molecule has 1 atom stereocenters. The van der Waals surface area contributed by atoms with E-state index in [1.165, 1.54) is 24.3 Å². The zero-order chi connectivity index (χ0) is 17.6. The summed E-state index contributed by atoms with van der Waals surface area (Å²) in [4.78, 5) is 10.3. The Balaban J connectivity index is 1.80. The van der Waals surface area contributed by atoms with Gasteiger partial charge in [-0.1, -0.05) is 54.6 Å². The van der Waals surface area contributed by atoms with E-state index >= 15 is 0 Å². The number of nitrogens with zero attached hydrogens (tertiary/aromatic N) is 1. The van der Waals surface area contributed by atoms with Gasteiger partial charge in [0.1, 0.15) is 5.82 Å². The van der Waals surface area contributed by atoms with Crippen LogP contribution in [0.25, 0.3) is 0 Å². The minimum Gasteiger partial charge on any atom is -0.302 e. The quantitative estimate of drug-likeness (QED) is 0.528. The largest absolute Gasteiger partial charge is 0.302 e. The Bertz CT molecular complexity index is 834. The van der Waals surface area contributed by atoms with Gasteiger partial charge in [-0.15, -0.1) is 0 Å². The molecule has 0 amide bonds. The monoisotopic (exact) mass is 336 g/mol. The fraction of sp³-hybridized carbons (Fsp3) is 0.100. The number of hydrogen-bond acceptors (Lipinski definition) is 3. The van der Waals surface area contributed by atoms with Gasteiger partial charge in [0, 0.05) is 18.7 Å². The number of benzene rings is 3. The third-order valence-corrected chi connectivity index (χ3v) is 3.99. The van der Waals surface area contributed by atoms with Crippen LogP contribution < -0.4 is 5.32 Å². The van der Waals surface area contributed by atoms with E-state index in [9.17, 15) is 14.5 Å².